The number of methoxy groups -OCH3 is 1. The van der Waals surface area contributed by atoms with Crippen molar-refractivity contribution in [1.29, 1.82) is 0 Å². The highest BCUT2D eigenvalue weighted by Crippen LogP contribution is 2.34. The highest BCUT2D eigenvalue weighted by atomic mass is 16.5. The van der Waals surface area contributed by atoms with Crippen LogP contribution in [0.1, 0.15) is 28.4 Å². The van der Waals surface area contributed by atoms with Crippen LogP contribution in [0.2, 0.25) is 0 Å². The fourth-order valence-electron chi connectivity index (χ4n) is 2.93. The van der Waals surface area contributed by atoms with Crippen molar-refractivity contribution < 1.29 is 14.3 Å². The number of hydrogen-bond acceptors (Lipinski definition) is 5. The van der Waals surface area contributed by atoms with Gasteiger partial charge >= 0.3 is 0 Å². The lowest BCUT2D eigenvalue weighted by Crippen LogP contribution is -2.37. The third kappa shape index (κ3) is 2.82. The van der Waals surface area contributed by atoms with Gasteiger partial charge in [0.05, 0.1) is 18.3 Å². The number of anilines is 1. The molecule has 4 N–H and O–H groups in total. The summed E-state index contributed by atoms with van der Waals surface area (Å²) < 4.78 is 5.18. The largest absolute Gasteiger partial charge is 0.383 e. The number of H-pyrrole nitrogens is 1. The van der Waals surface area contributed by atoms with E-state index in [1.54, 1.807) is 19.1 Å². The predicted molar refractivity (Wildman–Crippen MR) is 81.6 cm³/mol. The number of likely N-dealkylation sites (tertiary alicyclic amines) is 1. The van der Waals surface area contributed by atoms with E-state index in [1.807, 2.05) is 0 Å². The van der Waals surface area contributed by atoms with E-state index in [0.717, 1.165) is 0 Å². The van der Waals surface area contributed by atoms with E-state index >= 15 is 0 Å². The lowest BCUT2D eigenvalue weighted by Gasteiger charge is -2.22. The molecule has 2 rings (SSSR count). The molecule has 0 aliphatic carbocycles. The Bertz CT molecular complexity index is 583. The maximum absolute atomic E-state index is 12.0. The van der Waals surface area contributed by atoms with E-state index in [0.29, 0.717) is 36.6 Å². The fraction of sp³-hybridized carbons (Fsp3) is 0.500. The SMILES string of the molecule is C=CC(=O)N1C[C@@H](c2n[nH]c(NC)c2C(N)=O)C[C@@H]1COC. The van der Waals surface area contributed by atoms with Gasteiger partial charge in [-0.05, 0) is 12.5 Å². The molecule has 8 heteroatoms. The van der Waals surface area contributed by atoms with Gasteiger partial charge in [0.15, 0.2) is 0 Å². The Hall–Kier alpha value is -2.35. The third-order valence-corrected chi connectivity index (χ3v) is 3.91. The Kier molecular flexibility index (Phi) is 4.81. The van der Waals surface area contributed by atoms with Crippen LogP contribution in [0.5, 0.6) is 0 Å². The average Bonchev–Trinajstić information content (AvgIpc) is 3.10. The number of rotatable bonds is 6. The van der Waals surface area contributed by atoms with Crippen molar-refractivity contribution in [3.63, 3.8) is 0 Å². The van der Waals surface area contributed by atoms with E-state index in [1.165, 1.54) is 6.08 Å². The maximum atomic E-state index is 12.0. The van der Waals surface area contributed by atoms with E-state index in [2.05, 4.69) is 22.1 Å². The monoisotopic (exact) mass is 307 g/mol. The Labute approximate surface area is 128 Å². The molecule has 2 amide bonds. The van der Waals surface area contributed by atoms with Crippen molar-refractivity contribution in [2.24, 2.45) is 5.73 Å². The molecule has 120 valence electrons. The number of ether oxygens (including phenoxy) is 1. The number of nitrogens with two attached hydrogens (primary N) is 1. The number of nitrogens with one attached hydrogen (secondary N) is 2. The first kappa shape index (κ1) is 16.0. The molecule has 2 heterocycles. The first-order valence-electron chi connectivity index (χ1n) is 7.01. The predicted octanol–water partition coefficient (Wildman–Crippen LogP) is 0.0672. The normalized spacial score (nSPS) is 20.9. The van der Waals surface area contributed by atoms with Crippen molar-refractivity contribution in [2.45, 2.75) is 18.4 Å². The van der Waals surface area contributed by atoms with E-state index < -0.39 is 5.91 Å². The molecule has 0 saturated carbocycles. The minimum absolute atomic E-state index is 0.0732. The van der Waals surface area contributed by atoms with Crippen LogP contribution < -0.4 is 11.1 Å². The first-order chi connectivity index (χ1) is 10.5. The summed E-state index contributed by atoms with van der Waals surface area (Å²) in [6, 6.07) is -0.0732. The maximum Gasteiger partial charge on any atom is 0.254 e. The van der Waals surface area contributed by atoms with Crippen LogP contribution in [0.25, 0.3) is 0 Å². The zero-order chi connectivity index (χ0) is 16.3. The highest BCUT2D eigenvalue weighted by Gasteiger charge is 2.38. The van der Waals surface area contributed by atoms with Crippen LogP contribution >= 0.6 is 0 Å². The van der Waals surface area contributed by atoms with E-state index in [4.69, 9.17) is 10.5 Å². The van der Waals surface area contributed by atoms with Gasteiger partial charge < -0.3 is 20.7 Å². The number of amides is 2. The average molecular weight is 307 g/mol. The number of nitrogens with zero attached hydrogens (tertiary/aromatic N) is 2. The minimum atomic E-state index is -0.551. The smallest absolute Gasteiger partial charge is 0.254 e. The molecule has 1 aromatic heterocycles. The zero-order valence-electron chi connectivity index (χ0n) is 12.8. The van der Waals surface area contributed by atoms with Gasteiger partial charge in [0.2, 0.25) is 5.91 Å². The summed E-state index contributed by atoms with van der Waals surface area (Å²) in [6.45, 7) is 4.40. The van der Waals surface area contributed by atoms with Gasteiger partial charge in [-0.3, -0.25) is 14.7 Å². The second-order valence-corrected chi connectivity index (χ2v) is 5.21. The molecular weight excluding hydrogens is 286 g/mol. The summed E-state index contributed by atoms with van der Waals surface area (Å²) in [5.74, 6) is -0.302. The molecule has 8 nitrogen and oxygen atoms in total. The van der Waals surface area contributed by atoms with Gasteiger partial charge in [0.1, 0.15) is 11.4 Å². The Balaban J connectivity index is 2.31. The van der Waals surface area contributed by atoms with Gasteiger partial charge in [0, 0.05) is 26.6 Å². The van der Waals surface area contributed by atoms with Crippen molar-refractivity contribution in [1.82, 2.24) is 15.1 Å². The number of hydrogen-bond donors (Lipinski definition) is 3. The van der Waals surface area contributed by atoms with Crippen LogP contribution in [0.3, 0.4) is 0 Å². The summed E-state index contributed by atoms with van der Waals surface area (Å²) in [4.78, 5) is 25.4. The first-order valence-corrected chi connectivity index (χ1v) is 7.01. The van der Waals surface area contributed by atoms with Crippen LogP contribution in [-0.2, 0) is 9.53 Å². The van der Waals surface area contributed by atoms with Gasteiger partial charge in [-0.1, -0.05) is 6.58 Å². The van der Waals surface area contributed by atoms with Crippen LogP contribution in [-0.4, -0.2) is 60.3 Å². The van der Waals surface area contributed by atoms with Crippen molar-refractivity contribution in [2.75, 3.05) is 32.6 Å². The molecule has 0 unspecified atom stereocenters. The van der Waals surface area contributed by atoms with Crippen molar-refractivity contribution >= 4 is 17.6 Å². The van der Waals surface area contributed by atoms with Gasteiger partial charge in [-0.2, -0.15) is 5.10 Å². The third-order valence-electron chi connectivity index (χ3n) is 3.91. The molecule has 2 atom stereocenters. The van der Waals surface area contributed by atoms with Gasteiger partial charge in [-0.15, -0.1) is 0 Å². The Morgan fingerprint density at radius 1 is 1.64 bits per heavy atom. The van der Waals surface area contributed by atoms with Crippen LogP contribution in [0, 0.1) is 0 Å². The van der Waals surface area contributed by atoms with Crippen molar-refractivity contribution in [3.8, 4) is 0 Å². The van der Waals surface area contributed by atoms with Crippen LogP contribution in [0.15, 0.2) is 12.7 Å². The van der Waals surface area contributed by atoms with E-state index in [9.17, 15) is 9.59 Å². The number of primary amides is 1. The number of aromatic amines is 1. The molecule has 22 heavy (non-hydrogen) atoms. The number of carbonyl (C=O) groups excluding carboxylic acids is 2. The summed E-state index contributed by atoms with van der Waals surface area (Å²) in [7, 11) is 3.27. The molecular formula is C14H21N5O3. The molecule has 1 aliphatic rings. The van der Waals surface area contributed by atoms with Crippen LogP contribution in [0.4, 0.5) is 5.82 Å². The molecule has 1 aliphatic heterocycles. The minimum Gasteiger partial charge on any atom is -0.383 e. The Morgan fingerprint density at radius 3 is 2.91 bits per heavy atom. The molecule has 1 saturated heterocycles. The summed E-state index contributed by atoms with van der Waals surface area (Å²) in [5, 5.41) is 9.84. The lowest BCUT2D eigenvalue weighted by atomic mass is 9.98. The summed E-state index contributed by atoms with van der Waals surface area (Å²) in [6.07, 6.45) is 1.94. The quantitative estimate of drug-likeness (QED) is 0.643. The second kappa shape index (κ2) is 6.61. The number of aromatic nitrogens is 2. The van der Waals surface area contributed by atoms with Crippen molar-refractivity contribution in [3.05, 3.63) is 23.9 Å². The molecule has 0 aromatic carbocycles. The van der Waals surface area contributed by atoms with E-state index in [-0.39, 0.29) is 17.9 Å². The summed E-state index contributed by atoms with van der Waals surface area (Å²) >= 11 is 0. The van der Waals surface area contributed by atoms with Gasteiger partial charge in [-0.25, -0.2) is 0 Å². The Morgan fingerprint density at radius 2 is 2.36 bits per heavy atom. The fourth-order valence-corrected chi connectivity index (χ4v) is 2.93. The number of carbonyl (C=O) groups is 2. The zero-order valence-corrected chi connectivity index (χ0v) is 12.8. The molecule has 0 bridgehead atoms. The molecule has 1 aromatic rings. The van der Waals surface area contributed by atoms with Gasteiger partial charge in [0.25, 0.3) is 5.91 Å². The lowest BCUT2D eigenvalue weighted by molar-refractivity contribution is -0.127. The highest BCUT2D eigenvalue weighted by molar-refractivity contribution is 5.99. The second-order valence-electron chi connectivity index (χ2n) is 5.21. The molecule has 1 fully saturated rings. The molecule has 0 radical (unpaired) electrons. The standard InChI is InChI=1S/C14H21N5O3/c1-4-10(20)19-6-8(5-9(19)7-22-3)12-11(13(15)21)14(16-2)18-17-12/h4,8-9H,1,5-7H2,2-3H3,(H2,15,21)(H2,16,17,18)/t8-,9+/m0/s1. The topological polar surface area (TPSA) is 113 Å². The summed E-state index contributed by atoms with van der Waals surface area (Å²) in [5.41, 5.74) is 6.38. The molecule has 0 spiro atoms.